The number of hydrogen-bond donors (Lipinski definition) is 2. The lowest BCUT2D eigenvalue weighted by Crippen LogP contribution is -2.41. The van der Waals surface area contributed by atoms with Crippen LogP contribution in [-0.2, 0) is 11.3 Å². The first kappa shape index (κ1) is 18.0. The molecule has 0 atom stereocenters. The van der Waals surface area contributed by atoms with E-state index < -0.39 is 0 Å². The van der Waals surface area contributed by atoms with Crippen LogP contribution in [0.5, 0.6) is 11.5 Å². The van der Waals surface area contributed by atoms with Gasteiger partial charge in [-0.3, -0.25) is 9.69 Å². The summed E-state index contributed by atoms with van der Waals surface area (Å²) in [5.74, 6) is 1.38. The number of fused-ring (bicyclic) bond motifs is 1. The maximum Gasteiger partial charge on any atom is 0.270 e. The zero-order valence-electron chi connectivity index (χ0n) is 14.9. The van der Waals surface area contributed by atoms with Crippen LogP contribution in [-0.4, -0.2) is 62.0 Å². The summed E-state index contributed by atoms with van der Waals surface area (Å²) in [5, 5.41) is 8.65. The summed E-state index contributed by atoms with van der Waals surface area (Å²) in [6, 6.07) is 5.82. The van der Waals surface area contributed by atoms with Gasteiger partial charge in [0.25, 0.3) is 5.91 Å². The van der Waals surface area contributed by atoms with Crippen molar-refractivity contribution in [3.05, 3.63) is 34.8 Å². The van der Waals surface area contributed by atoms with Gasteiger partial charge in [0.1, 0.15) is 5.69 Å². The summed E-state index contributed by atoms with van der Waals surface area (Å²) >= 11 is 1.42. The molecule has 27 heavy (non-hydrogen) atoms. The van der Waals surface area contributed by atoms with E-state index >= 15 is 0 Å². The Balaban J connectivity index is 1.23. The van der Waals surface area contributed by atoms with Crippen LogP contribution in [0.4, 0.5) is 5.13 Å². The summed E-state index contributed by atoms with van der Waals surface area (Å²) in [7, 11) is 0. The van der Waals surface area contributed by atoms with Crippen molar-refractivity contribution in [2.75, 3.05) is 51.5 Å². The van der Waals surface area contributed by atoms with Crippen LogP contribution in [0.2, 0.25) is 0 Å². The lowest BCUT2D eigenvalue weighted by atomic mass is 10.2. The van der Waals surface area contributed by atoms with E-state index in [2.05, 4.69) is 20.5 Å². The summed E-state index contributed by atoms with van der Waals surface area (Å²) in [6.07, 6.45) is 0. The minimum absolute atomic E-state index is 0.143. The van der Waals surface area contributed by atoms with Crippen LogP contribution in [0.1, 0.15) is 16.1 Å². The Morgan fingerprint density at radius 2 is 2.07 bits per heavy atom. The lowest BCUT2D eigenvalue weighted by molar-refractivity contribution is 0.0383. The number of rotatable bonds is 7. The average molecular weight is 390 g/mol. The molecule has 3 heterocycles. The molecule has 0 radical (unpaired) electrons. The fraction of sp³-hybridized carbons (Fsp3) is 0.444. The van der Waals surface area contributed by atoms with Gasteiger partial charge in [0.15, 0.2) is 16.6 Å². The van der Waals surface area contributed by atoms with Crippen molar-refractivity contribution in [1.29, 1.82) is 0 Å². The maximum absolute atomic E-state index is 12.2. The average Bonchev–Trinajstić information content (AvgIpc) is 3.36. The summed E-state index contributed by atoms with van der Waals surface area (Å²) in [6.45, 7) is 5.66. The van der Waals surface area contributed by atoms with Gasteiger partial charge in [0, 0.05) is 38.1 Å². The van der Waals surface area contributed by atoms with E-state index in [-0.39, 0.29) is 12.7 Å². The molecule has 1 fully saturated rings. The van der Waals surface area contributed by atoms with Crippen molar-refractivity contribution in [1.82, 2.24) is 15.2 Å². The first-order chi connectivity index (χ1) is 13.3. The molecular weight excluding hydrogens is 368 g/mol. The predicted octanol–water partition coefficient (Wildman–Crippen LogP) is 1.55. The quantitative estimate of drug-likeness (QED) is 0.742. The summed E-state index contributed by atoms with van der Waals surface area (Å²) in [4.78, 5) is 18.9. The predicted molar refractivity (Wildman–Crippen MR) is 102 cm³/mol. The van der Waals surface area contributed by atoms with Gasteiger partial charge in [-0.25, -0.2) is 4.98 Å². The fourth-order valence-electron chi connectivity index (χ4n) is 2.93. The Hall–Kier alpha value is -2.36. The van der Waals surface area contributed by atoms with Crippen LogP contribution >= 0.6 is 11.3 Å². The van der Waals surface area contributed by atoms with E-state index in [1.165, 1.54) is 11.3 Å². The zero-order valence-corrected chi connectivity index (χ0v) is 15.7. The molecule has 2 aliphatic rings. The van der Waals surface area contributed by atoms with Gasteiger partial charge >= 0.3 is 0 Å². The number of nitrogens with zero attached hydrogens (tertiary/aromatic N) is 2. The Bertz CT molecular complexity index is 791. The molecule has 2 aliphatic heterocycles. The highest BCUT2D eigenvalue weighted by Crippen LogP contribution is 2.32. The van der Waals surface area contributed by atoms with Gasteiger partial charge in [-0.05, 0) is 17.7 Å². The van der Waals surface area contributed by atoms with Crippen molar-refractivity contribution in [3.63, 3.8) is 0 Å². The number of benzene rings is 1. The van der Waals surface area contributed by atoms with Crippen molar-refractivity contribution < 1.29 is 19.0 Å². The molecule has 1 saturated heterocycles. The number of aromatic nitrogens is 1. The highest BCUT2D eigenvalue weighted by molar-refractivity contribution is 7.13. The molecular formula is C18H22N4O4S. The number of anilines is 1. The number of thiazole rings is 1. The van der Waals surface area contributed by atoms with Gasteiger partial charge in [-0.2, -0.15) is 0 Å². The molecule has 0 spiro atoms. The van der Waals surface area contributed by atoms with Gasteiger partial charge in [0.2, 0.25) is 6.79 Å². The fourth-order valence-corrected chi connectivity index (χ4v) is 3.62. The second-order valence-electron chi connectivity index (χ2n) is 6.29. The van der Waals surface area contributed by atoms with Crippen molar-refractivity contribution in [3.8, 4) is 11.5 Å². The van der Waals surface area contributed by atoms with Crippen LogP contribution < -0.4 is 20.1 Å². The second kappa shape index (κ2) is 8.55. The molecule has 144 valence electrons. The highest BCUT2D eigenvalue weighted by atomic mass is 32.1. The highest BCUT2D eigenvalue weighted by Gasteiger charge is 2.15. The molecule has 2 aromatic rings. The number of amides is 1. The van der Waals surface area contributed by atoms with E-state index in [0.29, 0.717) is 23.9 Å². The number of morpholine rings is 1. The Morgan fingerprint density at radius 1 is 1.22 bits per heavy atom. The molecule has 2 N–H and O–H groups in total. The van der Waals surface area contributed by atoms with Gasteiger partial charge in [-0.1, -0.05) is 6.07 Å². The van der Waals surface area contributed by atoms with E-state index in [9.17, 15) is 4.79 Å². The number of nitrogens with one attached hydrogen (secondary N) is 2. The molecule has 1 aromatic heterocycles. The molecule has 4 rings (SSSR count). The smallest absolute Gasteiger partial charge is 0.270 e. The van der Waals surface area contributed by atoms with E-state index in [0.717, 1.165) is 49.9 Å². The minimum Gasteiger partial charge on any atom is -0.454 e. The van der Waals surface area contributed by atoms with Crippen LogP contribution in [0.3, 0.4) is 0 Å². The third-order valence-corrected chi connectivity index (χ3v) is 5.23. The third-order valence-electron chi connectivity index (χ3n) is 4.43. The zero-order chi connectivity index (χ0) is 18.5. The Morgan fingerprint density at radius 3 is 2.96 bits per heavy atom. The third kappa shape index (κ3) is 4.68. The van der Waals surface area contributed by atoms with E-state index in [1.54, 1.807) is 5.38 Å². The lowest BCUT2D eigenvalue weighted by Gasteiger charge is -2.26. The molecule has 8 nitrogen and oxygen atoms in total. The maximum atomic E-state index is 12.2. The molecule has 0 unspecified atom stereocenters. The Kier molecular flexibility index (Phi) is 5.71. The standard InChI is InChI=1S/C18H22N4O4S/c23-17(19-3-4-22-5-7-24-8-6-22)14-11-27-18(21-14)20-10-13-1-2-15-16(9-13)26-12-25-15/h1-2,9,11H,3-8,10,12H2,(H,19,23)(H,20,21). The molecule has 0 aliphatic carbocycles. The topological polar surface area (TPSA) is 85.0 Å². The molecule has 0 bridgehead atoms. The number of ether oxygens (including phenoxy) is 3. The molecule has 1 aromatic carbocycles. The van der Waals surface area contributed by atoms with Crippen LogP contribution in [0.15, 0.2) is 23.6 Å². The number of carbonyl (C=O) groups excluding carboxylic acids is 1. The van der Waals surface area contributed by atoms with Crippen molar-refractivity contribution in [2.24, 2.45) is 0 Å². The minimum atomic E-state index is -0.143. The van der Waals surface area contributed by atoms with Crippen LogP contribution in [0.25, 0.3) is 0 Å². The largest absolute Gasteiger partial charge is 0.454 e. The molecule has 1 amide bonds. The van der Waals surface area contributed by atoms with E-state index in [1.807, 2.05) is 18.2 Å². The van der Waals surface area contributed by atoms with Gasteiger partial charge in [0.05, 0.1) is 13.2 Å². The normalized spacial score (nSPS) is 16.3. The first-order valence-corrected chi connectivity index (χ1v) is 9.82. The summed E-state index contributed by atoms with van der Waals surface area (Å²) in [5.41, 5.74) is 1.50. The molecule has 0 saturated carbocycles. The van der Waals surface area contributed by atoms with E-state index in [4.69, 9.17) is 14.2 Å². The SMILES string of the molecule is O=C(NCCN1CCOCC1)c1csc(NCc2ccc3c(c2)OCO3)n1. The van der Waals surface area contributed by atoms with Crippen molar-refractivity contribution in [2.45, 2.75) is 6.54 Å². The monoisotopic (exact) mass is 390 g/mol. The van der Waals surface area contributed by atoms with Crippen LogP contribution in [0, 0.1) is 0 Å². The molecule has 9 heteroatoms. The van der Waals surface area contributed by atoms with Crippen molar-refractivity contribution >= 4 is 22.4 Å². The Labute approximate surface area is 161 Å². The number of carbonyl (C=O) groups is 1. The second-order valence-corrected chi connectivity index (χ2v) is 7.15. The van der Waals surface area contributed by atoms with Gasteiger partial charge in [-0.15, -0.1) is 11.3 Å². The summed E-state index contributed by atoms with van der Waals surface area (Å²) < 4.78 is 16.0. The van der Waals surface area contributed by atoms with Gasteiger partial charge < -0.3 is 24.8 Å². The number of hydrogen-bond acceptors (Lipinski definition) is 8. The first-order valence-electron chi connectivity index (χ1n) is 8.94.